The Labute approximate surface area is 142 Å². The van der Waals surface area contributed by atoms with Gasteiger partial charge in [0.1, 0.15) is 17.4 Å². The molecule has 0 fully saturated rings. The minimum atomic E-state index is -0.597. The maximum absolute atomic E-state index is 11.7. The van der Waals surface area contributed by atoms with Crippen LogP contribution in [-0.4, -0.2) is 19.2 Å². The summed E-state index contributed by atoms with van der Waals surface area (Å²) in [6.07, 6.45) is 3.68. The fraction of sp³-hybridized carbons (Fsp3) is 0.300. The lowest BCUT2D eigenvalue weighted by Gasteiger charge is -2.07. The zero-order chi connectivity index (χ0) is 17.4. The van der Waals surface area contributed by atoms with Crippen LogP contribution in [-0.2, 0) is 9.53 Å². The Morgan fingerprint density at radius 1 is 1.17 bits per heavy atom. The third-order valence-electron chi connectivity index (χ3n) is 3.53. The van der Waals surface area contributed by atoms with Crippen LogP contribution in [0, 0.1) is 11.3 Å². The maximum Gasteiger partial charge on any atom is 0.348 e. The van der Waals surface area contributed by atoms with Gasteiger partial charge in [-0.1, -0.05) is 31.5 Å². The van der Waals surface area contributed by atoms with Crippen LogP contribution in [0.4, 0.5) is 0 Å². The lowest BCUT2D eigenvalue weighted by molar-refractivity contribution is -0.137. The Hall–Kier alpha value is -2.80. The first-order valence-corrected chi connectivity index (χ1v) is 8.13. The number of ether oxygens (including phenoxy) is 2. The summed E-state index contributed by atoms with van der Waals surface area (Å²) in [5.41, 5.74) is 0.780. The van der Waals surface area contributed by atoms with Crippen LogP contribution < -0.4 is 4.74 Å². The van der Waals surface area contributed by atoms with E-state index in [-0.39, 0.29) is 12.2 Å². The molecule has 0 aliphatic rings. The van der Waals surface area contributed by atoms with Crippen molar-refractivity contribution < 1.29 is 14.3 Å². The van der Waals surface area contributed by atoms with Gasteiger partial charge in [-0.15, -0.1) is 0 Å². The van der Waals surface area contributed by atoms with Gasteiger partial charge in [0.25, 0.3) is 0 Å². The second-order valence-corrected chi connectivity index (χ2v) is 5.36. The highest BCUT2D eigenvalue weighted by atomic mass is 16.5. The van der Waals surface area contributed by atoms with Crippen molar-refractivity contribution in [2.45, 2.75) is 26.7 Å². The first-order chi connectivity index (χ1) is 11.7. The van der Waals surface area contributed by atoms with Gasteiger partial charge in [0.05, 0.1) is 13.2 Å². The largest absolute Gasteiger partial charge is 0.494 e. The van der Waals surface area contributed by atoms with E-state index in [2.05, 4.69) is 6.92 Å². The average molecular weight is 323 g/mol. The van der Waals surface area contributed by atoms with Crippen molar-refractivity contribution in [3.63, 3.8) is 0 Å². The van der Waals surface area contributed by atoms with Gasteiger partial charge in [0, 0.05) is 0 Å². The highest BCUT2D eigenvalue weighted by molar-refractivity contribution is 5.98. The smallest absolute Gasteiger partial charge is 0.348 e. The monoisotopic (exact) mass is 323 g/mol. The molecule has 2 aromatic rings. The van der Waals surface area contributed by atoms with Crippen molar-refractivity contribution in [3.05, 3.63) is 47.5 Å². The van der Waals surface area contributed by atoms with Crippen LogP contribution in [0.3, 0.4) is 0 Å². The van der Waals surface area contributed by atoms with Crippen molar-refractivity contribution in [2.24, 2.45) is 0 Å². The molecule has 0 saturated carbocycles. The molecule has 0 aliphatic carbocycles. The molecule has 0 saturated heterocycles. The number of carbonyl (C=O) groups excluding carboxylic acids is 1. The van der Waals surface area contributed by atoms with E-state index in [1.165, 1.54) is 0 Å². The molecule has 0 heterocycles. The predicted molar refractivity (Wildman–Crippen MR) is 94.6 cm³/mol. The molecule has 0 aliphatic heterocycles. The number of carbonyl (C=O) groups is 1. The lowest BCUT2D eigenvalue weighted by atomic mass is 10.0. The van der Waals surface area contributed by atoms with Crippen LogP contribution in [0.5, 0.6) is 5.75 Å². The van der Waals surface area contributed by atoms with Gasteiger partial charge in [-0.3, -0.25) is 0 Å². The molecule has 0 spiro atoms. The van der Waals surface area contributed by atoms with Gasteiger partial charge < -0.3 is 9.47 Å². The summed E-state index contributed by atoms with van der Waals surface area (Å²) in [6.45, 7) is 4.80. The number of nitrogens with zero attached hydrogens (tertiary/aromatic N) is 1. The van der Waals surface area contributed by atoms with E-state index in [9.17, 15) is 4.79 Å². The molecule has 4 heteroatoms. The number of unbranched alkanes of at least 4 members (excludes halogenated alkanes) is 1. The van der Waals surface area contributed by atoms with Gasteiger partial charge in [0.15, 0.2) is 0 Å². The molecule has 0 N–H and O–H groups in total. The van der Waals surface area contributed by atoms with E-state index in [4.69, 9.17) is 14.7 Å². The number of nitriles is 1. The van der Waals surface area contributed by atoms with E-state index in [0.29, 0.717) is 6.61 Å². The van der Waals surface area contributed by atoms with E-state index >= 15 is 0 Å². The quantitative estimate of drug-likeness (QED) is 0.326. The molecule has 0 atom stereocenters. The molecule has 2 aromatic carbocycles. The number of fused-ring (bicyclic) bond motifs is 1. The van der Waals surface area contributed by atoms with Crippen LogP contribution in [0.25, 0.3) is 16.8 Å². The van der Waals surface area contributed by atoms with Crippen LogP contribution in [0.2, 0.25) is 0 Å². The number of esters is 1. The molecule has 4 nitrogen and oxygen atoms in total. The molecule has 124 valence electrons. The summed E-state index contributed by atoms with van der Waals surface area (Å²) in [5, 5.41) is 11.2. The van der Waals surface area contributed by atoms with Gasteiger partial charge >= 0.3 is 5.97 Å². The van der Waals surface area contributed by atoms with Gasteiger partial charge in [0.2, 0.25) is 0 Å². The van der Waals surface area contributed by atoms with E-state index in [0.717, 1.165) is 34.9 Å². The summed E-state index contributed by atoms with van der Waals surface area (Å²) in [7, 11) is 0. The fourth-order valence-electron chi connectivity index (χ4n) is 2.27. The van der Waals surface area contributed by atoms with Crippen molar-refractivity contribution in [1.29, 1.82) is 5.26 Å². The second kappa shape index (κ2) is 8.73. The first-order valence-electron chi connectivity index (χ1n) is 8.13. The molecular formula is C20H21NO3. The molecule has 0 unspecified atom stereocenters. The molecule has 2 rings (SSSR count). The molecule has 0 aromatic heterocycles. The summed E-state index contributed by atoms with van der Waals surface area (Å²) in [6, 6.07) is 13.5. The highest BCUT2D eigenvalue weighted by Gasteiger charge is 2.09. The van der Waals surface area contributed by atoms with Crippen molar-refractivity contribution in [2.75, 3.05) is 13.2 Å². The minimum Gasteiger partial charge on any atom is -0.494 e. The zero-order valence-corrected chi connectivity index (χ0v) is 14.0. The normalized spacial score (nSPS) is 11.1. The van der Waals surface area contributed by atoms with Crippen molar-refractivity contribution in [1.82, 2.24) is 0 Å². The summed E-state index contributed by atoms with van der Waals surface area (Å²) in [5.74, 6) is 0.253. The fourth-order valence-corrected chi connectivity index (χ4v) is 2.27. The zero-order valence-electron chi connectivity index (χ0n) is 14.0. The Bertz CT molecular complexity index is 787. The van der Waals surface area contributed by atoms with Crippen LogP contribution in [0.15, 0.2) is 42.0 Å². The Kier molecular flexibility index (Phi) is 6.39. The first kappa shape index (κ1) is 17.6. The average Bonchev–Trinajstić information content (AvgIpc) is 2.60. The van der Waals surface area contributed by atoms with Gasteiger partial charge in [-0.2, -0.15) is 5.26 Å². The number of rotatable bonds is 7. The maximum atomic E-state index is 11.7. The van der Waals surface area contributed by atoms with Crippen LogP contribution in [0.1, 0.15) is 32.3 Å². The number of hydrogen-bond donors (Lipinski definition) is 0. The molecule has 0 bridgehead atoms. The molecule has 0 amide bonds. The third kappa shape index (κ3) is 4.60. The summed E-state index contributed by atoms with van der Waals surface area (Å²) in [4.78, 5) is 11.7. The van der Waals surface area contributed by atoms with E-state index < -0.39 is 5.97 Å². The summed E-state index contributed by atoms with van der Waals surface area (Å²) >= 11 is 0. The van der Waals surface area contributed by atoms with Gasteiger partial charge in [-0.25, -0.2) is 4.79 Å². The molecular weight excluding hydrogens is 302 g/mol. The van der Waals surface area contributed by atoms with E-state index in [1.54, 1.807) is 13.0 Å². The third-order valence-corrected chi connectivity index (χ3v) is 3.53. The standard InChI is InChI=1S/C20H21NO3/c1-3-5-10-24-19-9-8-16-11-15(6-7-17(16)13-19)12-18(14-21)20(22)23-4-2/h6-9,11-13H,3-5,10H2,1-2H3/b18-12+. The number of benzene rings is 2. The Morgan fingerprint density at radius 3 is 2.62 bits per heavy atom. The van der Waals surface area contributed by atoms with Crippen LogP contribution >= 0.6 is 0 Å². The molecule has 24 heavy (non-hydrogen) atoms. The summed E-state index contributed by atoms with van der Waals surface area (Å²) < 4.78 is 10.6. The minimum absolute atomic E-state index is 0.00396. The predicted octanol–water partition coefficient (Wildman–Crippen LogP) is 4.49. The Balaban J connectivity index is 2.23. The Morgan fingerprint density at radius 2 is 1.92 bits per heavy atom. The topological polar surface area (TPSA) is 59.3 Å². The van der Waals surface area contributed by atoms with Crippen molar-refractivity contribution in [3.8, 4) is 11.8 Å². The highest BCUT2D eigenvalue weighted by Crippen LogP contribution is 2.23. The number of hydrogen-bond acceptors (Lipinski definition) is 4. The molecule has 0 radical (unpaired) electrons. The van der Waals surface area contributed by atoms with Crippen molar-refractivity contribution >= 4 is 22.8 Å². The SMILES string of the molecule is CCCCOc1ccc2cc(/C=C(\C#N)C(=O)OCC)ccc2c1. The van der Waals surface area contributed by atoms with Gasteiger partial charge in [-0.05, 0) is 54.0 Å². The lowest BCUT2D eigenvalue weighted by Crippen LogP contribution is -2.05. The second-order valence-electron chi connectivity index (χ2n) is 5.36. The van der Waals surface area contributed by atoms with E-state index in [1.807, 2.05) is 42.5 Å².